The van der Waals surface area contributed by atoms with Crippen molar-refractivity contribution in [2.24, 2.45) is 13.0 Å². The summed E-state index contributed by atoms with van der Waals surface area (Å²) in [6.45, 7) is 3.57. The number of fused-ring (bicyclic) bond motifs is 1. The molecule has 0 radical (unpaired) electrons. The lowest BCUT2D eigenvalue weighted by molar-refractivity contribution is -0.119. The van der Waals surface area contributed by atoms with Crippen molar-refractivity contribution in [3.63, 3.8) is 0 Å². The number of halogens is 1. The Labute approximate surface area is 151 Å². The number of amides is 1. The Morgan fingerprint density at radius 3 is 2.92 bits per heavy atom. The topological polar surface area (TPSA) is 59.0 Å². The molecule has 1 atom stereocenters. The summed E-state index contributed by atoms with van der Waals surface area (Å²) in [5.74, 6) is 0.493. The number of carbonyl (C=O) groups is 1. The average molecular weight is 352 g/mol. The molecule has 4 rings (SSSR count). The van der Waals surface area contributed by atoms with Crippen LogP contribution in [0.15, 0.2) is 36.4 Å². The van der Waals surface area contributed by atoms with Gasteiger partial charge in [0.2, 0.25) is 5.91 Å². The number of benzene rings is 2. The van der Waals surface area contributed by atoms with Crippen molar-refractivity contribution >= 4 is 22.6 Å². The van der Waals surface area contributed by atoms with Gasteiger partial charge in [-0.1, -0.05) is 12.1 Å². The highest BCUT2D eigenvalue weighted by atomic mass is 19.1. The molecule has 1 fully saturated rings. The molecule has 1 aromatic heterocycles. The minimum atomic E-state index is -0.302. The van der Waals surface area contributed by atoms with E-state index in [2.05, 4.69) is 15.6 Å². The molecule has 1 aliphatic heterocycles. The summed E-state index contributed by atoms with van der Waals surface area (Å²) < 4.78 is 15.4. The summed E-state index contributed by atoms with van der Waals surface area (Å²) in [6, 6.07) is 10.5. The minimum absolute atomic E-state index is 0.0109. The van der Waals surface area contributed by atoms with E-state index in [9.17, 15) is 9.18 Å². The van der Waals surface area contributed by atoms with Gasteiger partial charge in [0.25, 0.3) is 0 Å². The van der Waals surface area contributed by atoms with Gasteiger partial charge in [0.05, 0.1) is 17.0 Å². The SMILES string of the molecule is Cc1ccc(-c2nc3cc(F)ccc3n2C)cc1NC(=O)C1CCNC1. The summed E-state index contributed by atoms with van der Waals surface area (Å²) in [6.07, 6.45) is 0.862. The van der Waals surface area contributed by atoms with Crippen LogP contribution in [-0.2, 0) is 11.8 Å². The van der Waals surface area contributed by atoms with Crippen LogP contribution in [0.3, 0.4) is 0 Å². The predicted octanol–water partition coefficient (Wildman–Crippen LogP) is 3.24. The minimum Gasteiger partial charge on any atom is -0.327 e. The summed E-state index contributed by atoms with van der Waals surface area (Å²) >= 11 is 0. The highest BCUT2D eigenvalue weighted by molar-refractivity contribution is 5.94. The van der Waals surface area contributed by atoms with E-state index >= 15 is 0 Å². The van der Waals surface area contributed by atoms with Crippen LogP contribution in [0.1, 0.15) is 12.0 Å². The van der Waals surface area contributed by atoms with Crippen molar-refractivity contribution in [2.75, 3.05) is 18.4 Å². The molecule has 2 heterocycles. The number of carbonyl (C=O) groups excluding carboxylic acids is 1. The van der Waals surface area contributed by atoms with E-state index in [1.165, 1.54) is 12.1 Å². The maximum absolute atomic E-state index is 13.5. The van der Waals surface area contributed by atoms with Gasteiger partial charge in [-0.3, -0.25) is 4.79 Å². The third-order valence-corrected chi connectivity index (χ3v) is 5.03. The smallest absolute Gasteiger partial charge is 0.228 e. The quantitative estimate of drug-likeness (QED) is 0.761. The Balaban J connectivity index is 1.69. The Morgan fingerprint density at radius 1 is 1.31 bits per heavy atom. The van der Waals surface area contributed by atoms with E-state index in [1.54, 1.807) is 6.07 Å². The van der Waals surface area contributed by atoms with E-state index in [1.807, 2.05) is 36.7 Å². The lowest BCUT2D eigenvalue weighted by Crippen LogP contribution is -2.25. The van der Waals surface area contributed by atoms with Crippen molar-refractivity contribution in [3.8, 4) is 11.4 Å². The Kier molecular flexibility index (Phi) is 4.20. The van der Waals surface area contributed by atoms with Crippen molar-refractivity contribution in [1.29, 1.82) is 0 Å². The Bertz CT molecular complexity index is 989. The van der Waals surface area contributed by atoms with E-state index in [4.69, 9.17) is 0 Å². The highest BCUT2D eigenvalue weighted by Gasteiger charge is 2.23. The van der Waals surface area contributed by atoms with Crippen LogP contribution < -0.4 is 10.6 Å². The van der Waals surface area contributed by atoms with Gasteiger partial charge in [-0.25, -0.2) is 9.37 Å². The molecule has 0 aliphatic carbocycles. The van der Waals surface area contributed by atoms with Crippen LogP contribution >= 0.6 is 0 Å². The van der Waals surface area contributed by atoms with Crippen molar-refractivity contribution in [2.45, 2.75) is 13.3 Å². The van der Waals surface area contributed by atoms with Gasteiger partial charge in [-0.2, -0.15) is 0 Å². The van der Waals surface area contributed by atoms with Crippen LogP contribution in [0, 0.1) is 18.7 Å². The van der Waals surface area contributed by atoms with Crippen LogP contribution in [0.2, 0.25) is 0 Å². The van der Waals surface area contributed by atoms with Gasteiger partial charge in [-0.15, -0.1) is 0 Å². The number of nitrogens with one attached hydrogen (secondary N) is 2. The van der Waals surface area contributed by atoms with E-state index in [-0.39, 0.29) is 17.6 Å². The number of anilines is 1. The number of aryl methyl sites for hydroxylation is 2. The fourth-order valence-electron chi connectivity index (χ4n) is 3.44. The second-order valence-electron chi connectivity index (χ2n) is 6.84. The van der Waals surface area contributed by atoms with Crippen molar-refractivity contribution in [1.82, 2.24) is 14.9 Å². The molecule has 0 saturated carbocycles. The third kappa shape index (κ3) is 2.97. The first-order valence-corrected chi connectivity index (χ1v) is 8.77. The van der Waals surface area contributed by atoms with Gasteiger partial charge in [0, 0.05) is 30.9 Å². The molecule has 2 N–H and O–H groups in total. The van der Waals surface area contributed by atoms with Gasteiger partial charge in [0.1, 0.15) is 11.6 Å². The van der Waals surface area contributed by atoms with Crippen LogP contribution in [0.5, 0.6) is 0 Å². The molecule has 1 unspecified atom stereocenters. The fraction of sp³-hybridized carbons (Fsp3) is 0.300. The lowest BCUT2D eigenvalue weighted by Gasteiger charge is -2.13. The molecule has 26 heavy (non-hydrogen) atoms. The molecule has 134 valence electrons. The van der Waals surface area contributed by atoms with E-state index < -0.39 is 0 Å². The second-order valence-corrected chi connectivity index (χ2v) is 6.84. The van der Waals surface area contributed by atoms with Gasteiger partial charge < -0.3 is 15.2 Å². The first kappa shape index (κ1) is 16.7. The zero-order chi connectivity index (χ0) is 18.3. The van der Waals surface area contributed by atoms with Gasteiger partial charge in [-0.05, 0) is 43.7 Å². The molecule has 5 nitrogen and oxygen atoms in total. The van der Waals surface area contributed by atoms with Crippen LogP contribution in [0.25, 0.3) is 22.4 Å². The zero-order valence-corrected chi connectivity index (χ0v) is 14.8. The molecule has 6 heteroatoms. The molecule has 0 bridgehead atoms. The monoisotopic (exact) mass is 352 g/mol. The van der Waals surface area contributed by atoms with Gasteiger partial charge in [0.15, 0.2) is 0 Å². The standard InChI is InChI=1S/C20H21FN4O/c1-12-3-4-13(9-16(12)24-20(26)14-7-8-22-11-14)19-23-17-10-15(21)5-6-18(17)25(19)2/h3-6,9-10,14,22H,7-8,11H2,1-2H3,(H,24,26). The Morgan fingerprint density at radius 2 is 2.15 bits per heavy atom. The number of imidazole rings is 1. The van der Waals surface area contributed by atoms with E-state index in [0.717, 1.165) is 47.7 Å². The van der Waals surface area contributed by atoms with E-state index in [0.29, 0.717) is 5.52 Å². The zero-order valence-electron chi connectivity index (χ0n) is 14.8. The fourth-order valence-corrected chi connectivity index (χ4v) is 3.44. The highest BCUT2D eigenvalue weighted by Crippen LogP contribution is 2.28. The predicted molar refractivity (Wildman–Crippen MR) is 100 cm³/mol. The number of nitrogens with zero attached hydrogens (tertiary/aromatic N) is 2. The van der Waals surface area contributed by atoms with Crippen molar-refractivity contribution in [3.05, 3.63) is 47.8 Å². The van der Waals surface area contributed by atoms with Crippen molar-refractivity contribution < 1.29 is 9.18 Å². The molecule has 1 saturated heterocycles. The summed E-state index contributed by atoms with van der Waals surface area (Å²) in [4.78, 5) is 17.0. The molecule has 0 spiro atoms. The largest absolute Gasteiger partial charge is 0.327 e. The normalized spacial score (nSPS) is 17.0. The third-order valence-electron chi connectivity index (χ3n) is 5.03. The molecule has 3 aromatic rings. The number of aromatic nitrogens is 2. The first-order valence-electron chi connectivity index (χ1n) is 8.77. The molecule has 2 aromatic carbocycles. The maximum atomic E-state index is 13.5. The number of rotatable bonds is 3. The first-order chi connectivity index (χ1) is 12.5. The summed E-state index contributed by atoms with van der Waals surface area (Å²) in [7, 11) is 1.91. The van der Waals surface area contributed by atoms with Gasteiger partial charge >= 0.3 is 0 Å². The number of hydrogen-bond donors (Lipinski definition) is 2. The molecule has 1 aliphatic rings. The maximum Gasteiger partial charge on any atom is 0.228 e. The van der Waals surface area contributed by atoms with Crippen LogP contribution in [0.4, 0.5) is 10.1 Å². The average Bonchev–Trinajstić information content (AvgIpc) is 3.25. The number of hydrogen-bond acceptors (Lipinski definition) is 3. The summed E-state index contributed by atoms with van der Waals surface area (Å²) in [5.41, 5.74) is 4.15. The molecular formula is C20H21FN4O. The Hall–Kier alpha value is -2.73. The molecular weight excluding hydrogens is 331 g/mol. The lowest BCUT2D eigenvalue weighted by atomic mass is 10.1. The summed E-state index contributed by atoms with van der Waals surface area (Å²) in [5, 5.41) is 6.26. The van der Waals surface area contributed by atoms with Crippen LogP contribution in [-0.4, -0.2) is 28.5 Å². The second kappa shape index (κ2) is 6.53. The molecule has 1 amide bonds.